The highest BCUT2D eigenvalue weighted by Crippen LogP contribution is 2.22. The van der Waals surface area contributed by atoms with Crippen LogP contribution in [0.15, 0.2) is 0 Å². The topological polar surface area (TPSA) is 56.2 Å². The van der Waals surface area contributed by atoms with E-state index in [9.17, 15) is 4.79 Å². The Morgan fingerprint density at radius 2 is 2.24 bits per heavy atom. The molecule has 1 aliphatic rings. The van der Waals surface area contributed by atoms with Crippen LogP contribution in [0.1, 0.15) is 49.7 Å². The average molecular weight is 314 g/mol. The van der Waals surface area contributed by atoms with E-state index >= 15 is 0 Å². The van der Waals surface area contributed by atoms with Crippen molar-refractivity contribution in [3.8, 4) is 0 Å². The van der Waals surface area contributed by atoms with Crippen molar-refractivity contribution in [2.75, 3.05) is 6.61 Å². The highest BCUT2D eigenvalue weighted by atomic mass is 35.5. The Morgan fingerprint density at radius 1 is 1.52 bits per heavy atom. The van der Waals surface area contributed by atoms with Gasteiger partial charge in [0.1, 0.15) is 5.15 Å². The Labute approximate surface area is 131 Å². The van der Waals surface area contributed by atoms with Crippen molar-refractivity contribution in [2.24, 2.45) is 5.92 Å². The Balaban J connectivity index is 2.09. The van der Waals surface area contributed by atoms with E-state index in [0.717, 1.165) is 19.4 Å². The zero-order chi connectivity index (χ0) is 15.6. The quantitative estimate of drug-likeness (QED) is 0.909. The molecule has 5 nitrogen and oxygen atoms in total. The summed E-state index contributed by atoms with van der Waals surface area (Å²) in [6, 6.07) is -0.0242. The highest BCUT2D eigenvalue weighted by Gasteiger charge is 2.27. The summed E-state index contributed by atoms with van der Waals surface area (Å²) in [5.41, 5.74) is 1.14. The molecule has 1 aromatic rings. The van der Waals surface area contributed by atoms with Gasteiger partial charge in [-0.3, -0.25) is 9.48 Å². The summed E-state index contributed by atoms with van der Waals surface area (Å²) >= 11 is 6.32. The zero-order valence-corrected chi connectivity index (χ0v) is 13.9. The van der Waals surface area contributed by atoms with Gasteiger partial charge >= 0.3 is 0 Å². The van der Waals surface area contributed by atoms with Crippen molar-refractivity contribution in [2.45, 2.75) is 59.2 Å². The summed E-state index contributed by atoms with van der Waals surface area (Å²) in [6.07, 6.45) is 2.14. The van der Waals surface area contributed by atoms with Crippen LogP contribution < -0.4 is 5.32 Å². The summed E-state index contributed by atoms with van der Waals surface area (Å²) in [7, 11) is 0. The number of hydrogen-bond acceptors (Lipinski definition) is 3. The van der Waals surface area contributed by atoms with Gasteiger partial charge < -0.3 is 10.1 Å². The number of rotatable bonds is 5. The number of aryl methyl sites for hydroxylation is 1. The maximum atomic E-state index is 12.4. The molecule has 2 rings (SSSR count). The zero-order valence-electron chi connectivity index (χ0n) is 13.1. The van der Waals surface area contributed by atoms with Crippen molar-refractivity contribution in [1.29, 1.82) is 0 Å². The Bertz CT molecular complexity index is 507. The molecule has 6 heteroatoms. The Morgan fingerprint density at radius 3 is 2.81 bits per heavy atom. The Kier molecular flexibility index (Phi) is 5.27. The van der Waals surface area contributed by atoms with E-state index in [2.05, 4.69) is 24.3 Å². The second-order valence-electron chi connectivity index (χ2n) is 6.14. The molecule has 1 fully saturated rings. The molecule has 118 valence electrons. The summed E-state index contributed by atoms with van der Waals surface area (Å²) in [4.78, 5) is 12.4. The van der Waals surface area contributed by atoms with Crippen LogP contribution in [0.25, 0.3) is 0 Å². The standard InChI is InChI=1S/C15H24ClN3O2/c1-9(2)8-19-14(16)13(11(4)18-19)15(20)17-10(3)12-6-5-7-21-12/h9-10,12H,5-8H2,1-4H3,(H,17,20)/t10-,12-/m1/s1. The first-order valence-corrected chi connectivity index (χ1v) is 7.93. The van der Waals surface area contributed by atoms with Crippen molar-refractivity contribution in [3.63, 3.8) is 0 Å². The molecule has 2 atom stereocenters. The fourth-order valence-corrected chi connectivity index (χ4v) is 2.98. The molecule has 0 unspecified atom stereocenters. The van der Waals surface area contributed by atoms with E-state index in [0.29, 0.717) is 28.9 Å². The summed E-state index contributed by atoms with van der Waals surface area (Å²) in [5.74, 6) is 0.249. The number of amides is 1. The molecule has 1 amide bonds. The van der Waals surface area contributed by atoms with Crippen LogP contribution in [-0.4, -0.2) is 34.4 Å². The fraction of sp³-hybridized carbons (Fsp3) is 0.733. The molecule has 1 saturated heterocycles. The van der Waals surface area contributed by atoms with Crippen LogP contribution in [0.5, 0.6) is 0 Å². The molecule has 0 radical (unpaired) electrons. The van der Waals surface area contributed by atoms with Gasteiger partial charge in [-0.15, -0.1) is 0 Å². The van der Waals surface area contributed by atoms with E-state index in [-0.39, 0.29) is 18.1 Å². The lowest BCUT2D eigenvalue weighted by molar-refractivity contribution is 0.0712. The lowest BCUT2D eigenvalue weighted by Gasteiger charge is -2.19. The van der Waals surface area contributed by atoms with Crippen LogP contribution in [0.3, 0.4) is 0 Å². The lowest BCUT2D eigenvalue weighted by atomic mass is 10.1. The fourth-order valence-electron chi connectivity index (χ4n) is 2.65. The van der Waals surface area contributed by atoms with E-state index in [4.69, 9.17) is 16.3 Å². The van der Waals surface area contributed by atoms with Crippen molar-refractivity contribution in [3.05, 3.63) is 16.4 Å². The third-order valence-corrected chi connectivity index (χ3v) is 4.10. The van der Waals surface area contributed by atoms with Crippen LogP contribution in [0.2, 0.25) is 5.15 Å². The predicted molar refractivity (Wildman–Crippen MR) is 82.7 cm³/mol. The van der Waals surface area contributed by atoms with Crippen LogP contribution >= 0.6 is 11.6 Å². The van der Waals surface area contributed by atoms with E-state index < -0.39 is 0 Å². The van der Waals surface area contributed by atoms with Gasteiger partial charge in [0.05, 0.1) is 23.4 Å². The first kappa shape index (κ1) is 16.3. The molecule has 0 aromatic carbocycles. The monoisotopic (exact) mass is 313 g/mol. The van der Waals surface area contributed by atoms with E-state index in [1.807, 2.05) is 13.8 Å². The maximum Gasteiger partial charge on any atom is 0.256 e. The van der Waals surface area contributed by atoms with E-state index in [1.54, 1.807) is 4.68 Å². The number of aromatic nitrogens is 2. The number of ether oxygens (including phenoxy) is 1. The van der Waals surface area contributed by atoms with Crippen LogP contribution in [0, 0.1) is 12.8 Å². The summed E-state index contributed by atoms with van der Waals surface area (Å²) < 4.78 is 7.30. The molecule has 1 aliphatic heterocycles. The summed E-state index contributed by atoms with van der Waals surface area (Å²) in [5, 5.41) is 7.77. The largest absolute Gasteiger partial charge is 0.376 e. The van der Waals surface area contributed by atoms with Gasteiger partial charge in [0, 0.05) is 13.2 Å². The number of carbonyl (C=O) groups excluding carboxylic acids is 1. The maximum absolute atomic E-state index is 12.4. The number of carbonyl (C=O) groups is 1. The van der Waals surface area contributed by atoms with Gasteiger partial charge in [-0.05, 0) is 32.6 Å². The number of hydrogen-bond donors (Lipinski definition) is 1. The van der Waals surface area contributed by atoms with Crippen LogP contribution in [0.4, 0.5) is 0 Å². The average Bonchev–Trinajstić information content (AvgIpc) is 2.98. The van der Waals surface area contributed by atoms with Gasteiger partial charge in [0.25, 0.3) is 5.91 Å². The molecule has 0 saturated carbocycles. The Hall–Kier alpha value is -1.07. The van der Waals surface area contributed by atoms with Crippen molar-refractivity contribution in [1.82, 2.24) is 15.1 Å². The minimum Gasteiger partial charge on any atom is -0.376 e. The second kappa shape index (κ2) is 6.79. The van der Waals surface area contributed by atoms with Crippen LogP contribution in [-0.2, 0) is 11.3 Å². The molecule has 0 aliphatic carbocycles. The molecule has 1 aromatic heterocycles. The lowest BCUT2D eigenvalue weighted by Crippen LogP contribution is -2.41. The van der Waals surface area contributed by atoms with Gasteiger partial charge in [-0.25, -0.2) is 0 Å². The van der Waals surface area contributed by atoms with Gasteiger partial charge in [0.2, 0.25) is 0 Å². The minimum atomic E-state index is -0.171. The van der Waals surface area contributed by atoms with Crippen molar-refractivity contribution >= 4 is 17.5 Å². The van der Waals surface area contributed by atoms with Gasteiger partial charge in [0.15, 0.2) is 0 Å². The molecule has 1 N–H and O–H groups in total. The smallest absolute Gasteiger partial charge is 0.256 e. The highest BCUT2D eigenvalue weighted by molar-refractivity contribution is 6.33. The molecular formula is C15H24ClN3O2. The van der Waals surface area contributed by atoms with Gasteiger partial charge in [-0.1, -0.05) is 25.4 Å². The predicted octanol–water partition coefficient (Wildman–Crippen LogP) is 2.80. The SMILES string of the molecule is Cc1nn(CC(C)C)c(Cl)c1C(=O)N[C@H](C)[C@H]1CCCO1. The van der Waals surface area contributed by atoms with Gasteiger partial charge in [-0.2, -0.15) is 5.10 Å². The molecular weight excluding hydrogens is 290 g/mol. The first-order chi connectivity index (χ1) is 9.90. The summed E-state index contributed by atoms with van der Waals surface area (Å²) in [6.45, 7) is 9.44. The number of nitrogens with one attached hydrogen (secondary N) is 1. The molecule has 2 heterocycles. The normalized spacial score (nSPS) is 20.0. The first-order valence-electron chi connectivity index (χ1n) is 7.55. The number of halogens is 1. The third-order valence-electron chi connectivity index (χ3n) is 3.71. The molecule has 0 spiro atoms. The van der Waals surface area contributed by atoms with Crippen molar-refractivity contribution < 1.29 is 9.53 Å². The second-order valence-corrected chi connectivity index (χ2v) is 6.50. The molecule has 21 heavy (non-hydrogen) atoms. The number of nitrogens with zero attached hydrogens (tertiary/aromatic N) is 2. The van der Waals surface area contributed by atoms with E-state index in [1.165, 1.54) is 0 Å². The molecule has 0 bridgehead atoms. The minimum absolute atomic E-state index is 0.0242. The third kappa shape index (κ3) is 3.77.